The first-order chi connectivity index (χ1) is 16.8. The summed E-state index contributed by atoms with van der Waals surface area (Å²) in [6.45, 7) is -0.474. The second-order valence-electron chi connectivity index (χ2n) is 7.98. The van der Waals surface area contributed by atoms with E-state index in [1.54, 1.807) is 0 Å². The lowest BCUT2D eigenvalue weighted by Crippen LogP contribution is -2.33. The Kier molecular flexibility index (Phi) is 16.9. The van der Waals surface area contributed by atoms with Gasteiger partial charge in [-0.15, -0.1) is 0 Å². The molecule has 0 bridgehead atoms. The molecule has 0 spiro atoms. The minimum Gasteiger partial charge on any atom is -0.463 e. The number of Topliss-reactive ketones (excluding diaryl/α,β-unsaturated/α-hetero) is 2. The van der Waals surface area contributed by atoms with Gasteiger partial charge in [0.15, 0.2) is 11.6 Å². The van der Waals surface area contributed by atoms with E-state index in [1.807, 2.05) is 21.6 Å². The maximum atomic E-state index is 11.9. The van der Waals surface area contributed by atoms with Crippen molar-refractivity contribution in [1.82, 2.24) is 16.0 Å². The van der Waals surface area contributed by atoms with Gasteiger partial charge in [-0.1, -0.05) is 28.0 Å². The maximum absolute atomic E-state index is 11.9. The Morgan fingerprint density at radius 3 is 1.97 bits per heavy atom. The predicted molar refractivity (Wildman–Crippen MR) is 134 cm³/mol. The van der Waals surface area contributed by atoms with Crippen LogP contribution in [-0.4, -0.2) is 79.0 Å². The largest absolute Gasteiger partial charge is 0.463 e. The van der Waals surface area contributed by atoms with E-state index in [0.29, 0.717) is 11.7 Å². The Hall–Kier alpha value is -2.12. The Bertz CT molecular complexity index is 731. The topological polar surface area (TPSA) is 174 Å². The van der Waals surface area contributed by atoms with Gasteiger partial charge < -0.3 is 26.4 Å². The Morgan fingerprint density at radius 2 is 1.40 bits per heavy atom. The zero-order chi connectivity index (χ0) is 25.9. The van der Waals surface area contributed by atoms with Crippen molar-refractivity contribution in [3.63, 3.8) is 0 Å². The molecule has 1 atom stereocenters. The SMILES string of the molecule is NCC(=O)OCCNC(=O)CCC(=O)CNC(=O)CCC(=O)CNC(=O)CCCCC1CCSS1. The van der Waals surface area contributed by atoms with E-state index in [2.05, 4.69) is 16.0 Å². The molecule has 0 radical (unpaired) electrons. The number of carbonyl (C=O) groups is 6. The predicted octanol–water partition coefficient (Wildman–Crippen LogP) is 0.250. The van der Waals surface area contributed by atoms with Crippen molar-refractivity contribution in [2.45, 2.75) is 63.0 Å². The summed E-state index contributed by atoms with van der Waals surface area (Å²) in [6, 6.07) is 0. The van der Waals surface area contributed by atoms with E-state index in [0.717, 1.165) is 19.3 Å². The lowest BCUT2D eigenvalue weighted by atomic mass is 10.1. The van der Waals surface area contributed by atoms with Crippen molar-refractivity contribution < 1.29 is 33.5 Å². The number of ketones is 2. The van der Waals surface area contributed by atoms with Crippen molar-refractivity contribution in [3.8, 4) is 0 Å². The van der Waals surface area contributed by atoms with Crippen LogP contribution < -0.4 is 21.7 Å². The molecule has 3 amide bonds. The average molecular weight is 533 g/mol. The van der Waals surface area contributed by atoms with Gasteiger partial charge >= 0.3 is 5.97 Å². The number of rotatable bonds is 19. The van der Waals surface area contributed by atoms with Crippen LogP contribution in [-0.2, 0) is 33.5 Å². The number of nitrogens with two attached hydrogens (primary N) is 1. The van der Waals surface area contributed by atoms with Crippen LogP contribution in [0.5, 0.6) is 0 Å². The van der Waals surface area contributed by atoms with E-state index >= 15 is 0 Å². The number of nitrogens with one attached hydrogen (secondary N) is 3. The molecule has 13 heteroatoms. The molecule has 1 aliphatic heterocycles. The number of amides is 3. The third-order valence-corrected chi connectivity index (χ3v) is 8.00. The van der Waals surface area contributed by atoms with Crippen molar-refractivity contribution >= 4 is 56.8 Å². The molecule has 5 N–H and O–H groups in total. The fourth-order valence-corrected chi connectivity index (χ4v) is 6.01. The van der Waals surface area contributed by atoms with Crippen LogP contribution in [0.2, 0.25) is 0 Å². The fourth-order valence-electron chi connectivity index (χ4n) is 2.98. The number of ether oxygens (including phenoxy) is 1. The zero-order valence-electron chi connectivity index (χ0n) is 19.9. The quantitative estimate of drug-likeness (QED) is 0.103. The second-order valence-corrected chi connectivity index (χ2v) is 10.8. The van der Waals surface area contributed by atoms with Gasteiger partial charge in [-0.3, -0.25) is 28.8 Å². The molecule has 35 heavy (non-hydrogen) atoms. The van der Waals surface area contributed by atoms with E-state index < -0.39 is 11.9 Å². The standard InChI is InChI=1S/C22H36N4O7S2/c23-13-22(32)33-11-10-24-20(30)7-5-16(27)15-26-21(31)8-6-17(28)14-25-19(29)4-2-1-3-18-9-12-34-35-18/h18H,1-15,23H2,(H,24,30)(H,25,29)(H,26,31). The molecule has 198 valence electrons. The molecular formula is C22H36N4O7S2. The maximum Gasteiger partial charge on any atom is 0.319 e. The summed E-state index contributed by atoms with van der Waals surface area (Å²) in [6.07, 6.45) is 4.29. The number of hydrogen-bond acceptors (Lipinski definition) is 10. The van der Waals surface area contributed by atoms with Crippen molar-refractivity contribution in [1.29, 1.82) is 0 Å². The lowest BCUT2D eigenvalue weighted by molar-refractivity contribution is -0.142. The molecule has 0 saturated carbocycles. The molecule has 11 nitrogen and oxygen atoms in total. The Labute approximate surface area is 213 Å². The minimum atomic E-state index is -0.574. The first kappa shape index (κ1) is 30.9. The molecule has 0 aromatic heterocycles. The van der Waals surface area contributed by atoms with Gasteiger partial charge in [-0.05, 0) is 19.3 Å². The second kappa shape index (κ2) is 19.1. The minimum absolute atomic E-state index is 0.00672. The van der Waals surface area contributed by atoms with Gasteiger partial charge in [0, 0.05) is 43.1 Å². The molecule has 1 aliphatic rings. The summed E-state index contributed by atoms with van der Waals surface area (Å²) < 4.78 is 4.70. The number of hydrogen-bond donors (Lipinski definition) is 4. The first-order valence-corrected chi connectivity index (χ1v) is 14.2. The molecule has 1 unspecified atom stereocenters. The van der Waals surface area contributed by atoms with Gasteiger partial charge in [0.1, 0.15) is 6.61 Å². The monoisotopic (exact) mass is 532 g/mol. The summed E-state index contributed by atoms with van der Waals surface area (Å²) in [7, 11) is 3.83. The van der Waals surface area contributed by atoms with Crippen molar-refractivity contribution in [3.05, 3.63) is 0 Å². The highest BCUT2D eigenvalue weighted by Gasteiger charge is 2.16. The average Bonchev–Trinajstić information content (AvgIpc) is 3.37. The first-order valence-electron chi connectivity index (χ1n) is 11.8. The van der Waals surface area contributed by atoms with Crippen LogP contribution in [0.3, 0.4) is 0 Å². The number of unbranched alkanes of at least 4 members (excludes halogenated alkanes) is 1. The fraction of sp³-hybridized carbons (Fsp3) is 0.727. The molecule has 0 aromatic rings. The summed E-state index contributed by atoms with van der Waals surface area (Å²) in [5, 5.41) is 8.20. The van der Waals surface area contributed by atoms with E-state index in [-0.39, 0.29) is 81.9 Å². The summed E-state index contributed by atoms with van der Waals surface area (Å²) in [5.41, 5.74) is 5.07. The normalized spacial score (nSPS) is 14.7. The van der Waals surface area contributed by atoms with E-state index in [1.165, 1.54) is 12.2 Å². The molecular weight excluding hydrogens is 496 g/mol. The van der Waals surface area contributed by atoms with Gasteiger partial charge in [-0.2, -0.15) is 0 Å². The van der Waals surface area contributed by atoms with Gasteiger partial charge in [0.2, 0.25) is 17.7 Å². The van der Waals surface area contributed by atoms with Crippen LogP contribution in [0.1, 0.15) is 57.8 Å². The summed E-state index contributed by atoms with van der Waals surface area (Å²) in [4.78, 5) is 69.8. The highest BCUT2D eigenvalue weighted by atomic mass is 33.1. The molecule has 1 saturated heterocycles. The molecule has 0 aliphatic carbocycles. The van der Waals surface area contributed by atoms with Gasteiger partial charge in [0.25, 0.3) is 0 Å². The van der Waals surface area contributed by atoms with Crippen LogP contribution in [0.15, 0.2) is 0 Å². The Balaban J connectivity index is 2.00. The molecule has 1 rings (SSSR count). The van der Waals surface area contributed by atoms with Crippen LogP contribution >= 0.6 is 21.6 Å². The molecule has 1 heterocycles. The third-order valence-electron chi connectivity index (χ3n) is 4.99. The highest BCUT2D eigenvalue weighted by molar-refractivity contribution is 8.77. The number of esters is 1. The number of carbonyl (C=O) groups excluding carboxylic acids is 6. The van der Waals surface area contributed by atoms with Gasteiger partial charge in [-0.25, -0.2) is 0 Å². The molecule has 0 aromatic carbocycles. The third kappa shape index (κ3) is 17.0. The highest BCUT2D eigenvalue weighted by Crippen LogP contribution is 2.39. The summed E-state index contributed by atoms with van der Waals surface area (Å²) in [5.74, 6) is -0.957. The van der Waals surface area contributed by atoms with Crippen LogP contribution in [0.4, 0.5) is 0 Å². The van der Waals surface area contributed by atoms with E-state index in [4.69, 9.17) is 10.5 Å². The van der Waals surface area contributed by atoms with Crippen LogP contribution in [0, 0.1) is 0 Å². The van der Waals surface area contributed by atoms with Crippen molar-refractivity contribution in [2.24, 2.45) is 5.73 Å². The van der Waals surface area contributed by atoms with E-state index in [9.17, 15) is 28.8 Å². The zero-order valence-corrected chi connectivity index (χ0v) is 21.6. The summed E-state index contributed by atoms with van der Waals surface area (Å²) >= 11 is 0. The van der Waals surface area contributed by atoms with Crippen molar-refractivity contribution in [2.75, 3.05) is 38.5 Å². The lowest BCUT2D eigenvalue weighted by Gasteiger charge is -2.08. The smallest absolute Gasteiger partial charge is 0.319 e. The van der Waals surface area contributed by atoms with Crippen LogP contribution in [0.25, 0.3) is 0 Å². The Morgan fingerprint density at radius 1 is 0.800 bits per heavy atom. The van der Waals surface area contributed by atoms with Gasteiger partial charge in [0.05, 0.1) is 26.2 Å². The molecule has 1 fully saturated rings.